The van der Waals surface area contributed by atoms with Gasteiger partial charge in [-0.2, -0.15) is 0 Å². The Morgan fingerprint density at radius 1 is 1.25 bits per heavy atom. The van der Waals surface area contributed by atoms with Crippen molar-refractivity contribution >= 4 is 21.6 Å². The molecule has 2 rings (SSSR count). The number of aryl methyl sites for hydroxylation is 2. The second-order valence-corrected chi connectivity index (χ2v) is 4.72. The van der Waals surface area contributed by atoms with Crippen molar-refractivity contribution < 1.29 is 4.42 Å². The van der Waals surface area contributed by atoms with Crippen molar-refractivity contribution in [2.24, 2.45) is 0 Å². The SMILES string of the molecule is Cc1ccc(C)c(NCc2occc2Br)c1. The van der Waals surface area contributed by atoms with Gasteiger partial charge in [0, 0.05) is 5.69 Å². The highest BCUT2D eigenvalue weighted by molar-refractivity contribution is 9.10. The third-order valence-corrected chi connectivity index (χ3v) is 3.23. The summed E-state index contributed by atoms with van der Waals surface area (Å²) in [5, 5.41) is 3.37. The van der Waals surface area contributed by atoms with E-state index in [1.54, 1.807) is 6.26 Å². The number of halogens is 1. The Labute approximate surface area is 104 Å². The highest BCUT2D eigenvalue weighted by Gasteiger charge is 2.04. The van der Waals surface area contributed by atoms with Crippen LogP contribution in [0.5, 0.6) is 0 Å². The molecule has 0 spiro atoms. The van der Waals surface area contributed by atoms with E-state index in [2.05, 4.69) is 53.3 Å². The molecule has 0 aliphatic heterocycles. The lowest BCUT2D eigenvalue weighted by atomic mass is 10.1. The van der Waals surface area contributed by atoms with Gasteiger partial charge >= 0.3 is 0 Å². The first-order valence-corrected chi connectivity index (χ1v) is 5.99. The van der Waals surface area contributed by atoms with Crippen LogP contribution in [0.4, 0.5) is 5.69 Å². The summed E-state index contributed by atoms with van der Waals surface area (Å²) >= 11 is 3.44. The van der Waals surface area contributed by atoms with Crippen LogP contribution in [0.3, 0.4) is 0 Å². The van der Waals surface area contributed by atoms with Crippen LogP contribution in [0.25, 0.3) is 0 Å². The van der Waals surface area contributed by atoms with Gasteiger partial charge in [0.05, 0.1) is 17.3 Å². The van der Waals surface area contributed by atoms with E-state index >= 15 is 0 Å². The average Bonchev–Trinajstić information content (AvgIpc) is 2.66. The molecule has 1 N–H and O–H groups in total. The Bertz CT molecular complexity index is 490. The van der Waals surface area contributed by atoms with Crippen LogP contribution in [-0.4, -0.2) is 0 Å². The molecule has 0 aliphatic rings. The van der Waals surface area contributed by atoms with Crippen LogP contribution in [0.15, 0.2) is 39.4 Å². The first-order valence-electron chi connectivity index (χ1n) is 5.20. The van der Waals surface area contributed by atoms with Gasteiger partial charge in [-0.3, -0.25) is 0 Å². The summed E-state index contributed by atoms with van der Waals surface area (Å²) in [5.74, 6) is 0.918. The Hall–Kier alpha value is -1.22. The largest absolute Gasteiger partial charge is 0.466 e. The van der Waals surface area contributed by atoms with Crippen molar-refractivity contribution in [1.82, 2.24) is 0 Å². The van der Waals surface area contributed by atoms with Crippen molar-refractivity contribution in [3.8, 4) is 0 Å². The summed E-state index contributed by atoms with van der Waals surface area (Å²) in [4.78, 5) is 0. The normalized spacial score (nSPS) is 10.4. The van der Waals surface area contributed by atoms with Gasteiger partial charge in [0.2, 0.25) is 0 Å². The molecule has 2 nitrogen and oxygen atoms in total. The van der Waals surface area contributed by atoms with Gasteiger partial charge in [0.1, 0.15) is 5.76 Å². The van der Waals surface area contributed by atoms with E-state index in [0.717, 1.165) is 15.9 Å². The van der Waals surface area contributed by atoms with Crippen molar-refractivity contribution in [3.63, 3.8) is 0 Å². The molecule has 2 aromatic rings. The van der Waals surface area contributed by atoms with E-state index in [9.17, 15) is 0 Å². The van der Waals surface area contributed by atoms with Gasteiger partial charge in [-0.1, -0.05) is 12.1 Å². The lowest BCUT2D eigenvalue weighted by Gasteiger charge is -2.09. The van der Waals surface area contributed by atoms with Gasteiger partial charge in [0.25, 0.3) is 0 Å². The summed E-state index contributed by atoms with van der Waals surface area (Å²) in [6.07, 6.45) is 1.68. The Balaban J connectivity index is 2.10. The van der Waals surface area contributed by atoms with Gasteiger partial charge < -0.3 is 9.73 Å². The van der Waals surface area contributed by atoms with Crippen molar-refractivity contribution in [2.45, 2.75) is 20.4 Å². The zero-order valence-electron chi connectivity index (χ0n) is 9.38. The number of rotatable bonds is 3. The molecule has 0 radical (unpaired) electrons. The standard InChI is InChI=1S/C13H14BrNO/c1-9-3-4-10(2)12(7-9)15-8-13-11(14)5-6-16-13/h3-7,15H,8H2,1-2H3. The highest BCUT2D eigenvalue weighted by Crippen LogP contribution is 2.21. The topological polar surface area (TPSA) is 25.2 Å². The number of anilines is 1. The predicted molar refractivity (Wildman–Crippen MR) is 69.7 cm³/mol. The molecule has 0 saturated carbocycles. The monoisotopic (exact) mass is 279 g/mol. The Kier molecular flexibility index (Phi) is 3.34. The minimum Gasteiger partial charge on any atom is -0.466 e. The molecule has 16 heavy (non-hydrogen) atoms. The predicted octanol–water partition coefficient (Wildman–Crippen LogP) is 4.27. The molecule has 1 aromatic carbocycles. The van der Waals surface area contributed by atoms with Crippen LogP contribution in [0.2, 0.25) is 0 Å². The molecular weight excluding hydrogens is 266 g/mol. The minimum absolute atomic E-state index is 0.692. The summed E-state index contributed by atoms with van der Waals surface area (Å²) < 4.78 is 6.35. The molecule has 0 unspecified atom stereocenters. The molecule has 1 aromatic heterocycles. The van der Waals surface area contributed by atoms with Crippen molar-refractivity contribution in [1.29, 1.82) is 0 Å². The zero-order chi connectivity index (χ0) is 11.5. The van der Waals surface area contributed by atoms with Gasteiger partial charge in [0.15, 0.2) is 0 Å². The van der Waals surface area contributed by atoms with Crippen LogP contribution in [0, 0.1) is 13.8 Å². The maximum absolute atomic E-state index is 5.35. The summed E-state index contributed by atoms with van der Waals surface area (Å²) in [6, 6.07) is 8.28. The quantitative estimate of drug-likeness (QED) is 0.908. The molecule has 0 fully saturated rings. The maximum atomic E-state index is 5.35. The van der Waals surface area contributed by atoms with Crippen molar-refractivity contribution in [2.75, 3.05) is 5.32 Å². The van der Waals surface area contributed by atoms with Gasteiger partial charge in [-0.05, 0) is 53.0 Å². The Morgan fingerprint density at radius 2 is 2.06 bits per heavy atom. The Morgan fingerprint density at radius 3 is 2.75 bits per heavy atom. The fourth-order valence-electron chi connectivity index (χ4n) is 1.55. The molecule has 0 amide bonds. The third kappa shape index (κ3) is 2.47. The maximum Gasteiger partial charge on any atom is 0.136 e. The number of hydrogen-bond acceptors (Lipinski definition) is 2. The van der Waals surface area contributed by atoms with E-state index in [1.165, 1.54) is 11.1 Å². The summed E-state index contributed by atoms with van der Waals surface area (Å²) in [6.45, 7) is 4.88. The van der Waals surface area contributed by atoms with Crippen molar-refractivity contribution in [3.05, 3.63) is 51.9 Å². The lowest BCUT2D eigenvalue weighted by molar-refractivity contribution is 0.516. The van der Waals surface area contributed by atoms with Crippen LogP contribution in [0.1, 0.15) is 16.9 Å². The van der Waals surface area contributed by atoms with E-state index < -0.39 is 0 Å². The fourth-order valence-corrected chi connectivity index (χ4v) is 1.89. The van der Waals surface area contributed by atoms with E-state index in [-0.39, 0.29) is 0 Å². The average molecular weight is 280 g/mol. The van der Waals surface area contributed by atoms with E-state index in [1.807, 2.05) is 6.07 Å². The smallest absolute Gasteiger partial charge is 0.136 e. The molecule has 84 valence electrons. The molecule has 0 atom stereocenters. The molecule has 1 heterocycles. The van der Waals surface area contributed by atoms with Gasteiger partial charge in [-0.25, -0.2) is 0 Å². The second-order valence-electron chi connectivity index (χ2n) is 3.86. The fraction of sp³-hybridized carbons (Fsp3) is 0.231. The van der Waals surface area contributed by atoms with E-state index in [4.69, 9.17) is 4.42 Å². The van der Waals surface area contributed by atoms with Crippen LogP contribution >= 0.6 is 15.9 Å². The van der Waals surface area contributed by atoms with Gasteiger partial charge in [-0.15, -0.1) is 0 Å². The van der Waals surface area contributed by atoms with Crippen LogP contribution < -0.4 is 5.32 Å². The summed E-state index contributed by atoms with van der Waals surface area (Å²) in [5.41, 5.74) is 3.66. The number of nitrogens with one attached hydrogen (secondary N) is 1. The lowest BCUT2D eigenvalue weighted by Crippen LogP contribution is -2.00. The molecule has 3 heteroatoms. The molecule has 0 aliphatic carbocycles. The highest BCUT2D eigenvalue weighted by atomic mass is 79.9. The summed E-state index contributed by atoms with van der Waals surface area (Å²) in [7, 11) is 0. The third-order valence-electron chi connectivity index (χ3n) is 2.52. The number of hydrogen-bond donors (Lipinski definition) is 1. The number of benzene rings is 1. The zero-order valence-corrected chi connectivity index (χ0v) is 11.0. The second kappa shape index (κ2) is 4.74. The minimum atomic E-state index is 0.692. The molecule has 0 saturated heterocycles. The first kappa shape index (κ1) is 11.3. The molecular formula is C13H14BrNO. The number of furan rings is 1. The van der Waals surface area contributed by atoms with Crippen LogP contribution in [-0.2, 0) is 6.54 Å². The molecule has 0 bridgehead atoms. The van der Waals surface area contributed by atoms with E-state index in [0.29, 0.717) is 6.54 Å². The first-order chi connectivity index (χ1) is 7.66.